The third-order valence-corrected chi connectivity index (χ3v) is 2.92. The number of hydrogen-bond acceptors (Lipinski definition) is 4. The lowest BCUT2D eigenvalue weighted by Crippen LogP contribution is -2.28. The molecule has 1 heterocycles. The average Bonchev–Trinajstić information content (AvgIpc) is 2.85. The smallest absolute Gasteiger partial charge is 0.251 e. The summed E-state index contributed by atoms with van der Waals surface area (Å²) in [5, 5.41) is 13.7. The summed E-state index contributed by atoms with van der Waals surface area (Å²) in [6.45, 7) is 1.88. The summed E-state index contributed by atoms with van der Waals surface area (Å²) < 4.78 is 1.79. The minimum absolute atomic E-state index is 0.127. The van der Waals surface area contributed by atoms with Crippen molar-refractivity contribution in [1.82, 2.24) is 20.1 Å². The van der Waals surface area contributed by atoms with Crippen molar-refractivity contribution >= 4 is 11.6 Å². The molecule has 0 fully saturated rings. The van der Waals surface area contributed by atoms with Crippen molar-refractivity contribution < 1.29 is 4.79 Å². The summed E-state index contributed by atoms with van der Waals surface area (Å²) >= 11 is 0. The Labute approximate surface area is 111 Å². The molecule has 1 aromatic heterocycles. The predicted molar refractivity (Wildman–Crippen MR) is 72.9 cm³/mol. The Kier molecular flexibility index (Phi) is 3.79. The van der Waals surface area contributed by atoms with E-state index in [-0.39, 0.29) is 11.9 Å². The van der Waals surface area contributed by atoms with Crippen LogP contribution in [0.2, 0.25) is 0 Å². The Hall–Kier alpha value is -2.37. The van der Waals surface area contributed by atoms with Crippen LogP contribution in [0.5, 0.6) is 0 Å². The van der Waals surface area contributed by atoms with Crippen molar-refractivity contribution in [2.75, 3.05) is 12.4 Å². The van der Waals surface area contributed by atoms with Crippen molar-refractivity contribution in [2.24, 2.45) is 7.05 Å². The number of benzene rings is 1. The minimum atomic E-state index is -0.191. The Morgan fingerprint density at radius 1 is 1.32 bits per heavy atom. The number of carbonyl (C=O) groups excluding carboxylic acids is 1. The number of amides is 1. The second kappa shape index (κ2) is 5.51. The summed E-state index contributed by atoms with van der Waals surface area (Å²) in [5.41, 5.74) is 1.59. The summed E-state index contributed by atoms with van der Waals surface area (Å²) in [7, 11) is 3.69. The van der Waals surface area contributed by atoms with Crippen LogP contribution < -0.4 is 10.6 Å². The molecular formula is C13H17N5O. The highest BCUT2D eigenvalue weighted by Gasteiger charge is 2.15. The Morgan fingerprint density at radius 2 is 2.00 bits per heavy atom. The number of nitrogens with one attached hydrogen (secondary N) is 2. The van der Waals surface area contributed by atoms with Crippen LogP contribution in [-0.4, -0.2) is 27.7 Å². The highest BCUT2D eigenvalue weighted by atomic mass is 16.1. The van der Waals surface area contributed by atoms with E-state index in [1.165, 1.54) is 0 Å². The fourth-order valence-corrected chi connectivity index (χ4v) is 1.82. The SMILES string of the molecule is CNc1ccc(C(=O)NC(C)c2nncn2C)cc1. The highest BCUT2D eigenvalue weighted by molar-refractivity contribution is 5.94. The second-order valence-electron chi connectivity index (χ2n) is 4.32. The zero-order valence-corrected chi connectivity index (χ0v) is 11.2. The average molecular weight is 259 g/mol. The van der Waals surface area contributed by atoms with Gasteiger partial charge in [0.05, 0.1) is 6.04 Å². The molecule has 1 unspecified atom stereocenters. The standard InChI is InChI=1S/C13H17N5O/c1-9(12-17-15-8-18(12)3)16-13(19)10-4-6-11(14-2)7-5-10/h4-9,14H,1-3H3,(H,16,19). The molecule has 100 valence electrons. The third kappa shape index (κ3) is 2.90. The van der Waals surface area contributed by atoms with Gasteiger partial charge in [0.25, 0.3) is 5.91 Å². The maximum atomic E-state index is 12.1. The normalized spacial score (nSPS) is 11.9. The van der Waals surface area contributed by atoms with Crippen LogP contribution >= 0.6 is 0 Å². The fourth-order valence-electron chi connectivity index (χ4n) is 1.82. The van der Waals surface area contributed by atoms with Gasteiger partial charge in [0.15, 0.2) is 5.82 Å². The largest absolute Gasteiger partial charge is 0.388 e. The Bertz CT molecular complexity index is 561. The maximum absolute atomic E-state index is 12.1. The lowest BCUT2D eigenvalue weighted by molar-refractivity contribution is 0.0938. The molecule has 1 amide bonds. The first kappa shape index (κ1) is 13.1. The number of hydrogen-bond donors (Lipinski definition) is 2. The van der Waals surface area contributed by atoms with Gasteiger partial charge in [-0.2, -0.15) is 0 Å². The molecule has 19 heavy (non-hydrogen) atoms. The van der Waals surface area contributed by atoms with E-state index in [9.17, 15) is 4.79 Å². The number of rotatable bonds is 4. The third-order valence-electron chi connectivity index (χ3n) is 2.92. The number of carbonyl (C=O) groups is 1. The van der Waals surface area contributed by atoms with Gasteiger partial charge in [-0.1, -0.05) is 0 Å². The minimum Gasteiger partial charge on any atom is -0.388 e. The van der Waals surface area contributed by atoms with Gasteiger partial charge in [-0.3, -0.25) is 4.79 Å². The summed E-state index contributed by atoms with van der Waals surface area (Å²) in [4.78, 5) is 12.1. The van der Waals surface area contributed by atoms with E-state index in [0.717, 1.165) is 11.5 Å². The van der Waals surface area contributed by atoms with Crippen LogP contribution in [0.4, 0.5) is 5.69 Å². The van der Waals surface area contributed by atoms with Crippen LogP contribution in [0, 0.1) is 0 Å². The van der Waals surface area contributed by atoms with Crippen molar-refractivity contribution in [1.29, 1.82) is 0 Å². The fraction of sp³-hybridized carbons (Fsp3) is 0.308. The van der Waals surface area contributed by atoms with Crippen molar-refractivity contribution in [3.63, 3.8) is 0 Å². The first-order valence-corrected chi connectivity index (χ1v) is 6.04. The summed E-state index contributed by atoms with van der Waals surface area (Å²) in [5.74, 6) is 0.596. The molecule has 0 aliphatic rings. The maximum Gasteiger partial charge on any atom is 0.251 e. The first-order chi connectivity index (χ1) is 9.11. The van der Waals surface area contributed by atoms with Gasteiger partial charge in [0.1, 0.15) is 6.33 Å². The molecule has 0 radical (unpaired) electrons. The van der Waals surface area contributed by atoms with Gasteiger partial charge in [-0.05, 0) is 31.2 Å². The molecule has 1 aromatic carbocycles. The zero-order chi connectivity index (χ0) is 13.8. The Morgan fingerprint density at radius 3 is 2.53 bits per heavy atom. The predicted octanol–water partition coefficient (Wildman–Crippen LogP) is 1.35. The van der Waals surface area contributed by atoms with Gasteiger partial charge >= 0.3 is 0 Å². The molecule has 0 aliphatic carbocycles. The van der Waals surface area contributed by atoms with Crippen molar-refractivity contribution in [3.05, 3.63) is 42.0 Å². The van der Waals surface area contributed by atoms with Crippen LogP contribution in [0.3, 0.4) is 0 Å². The number of aryl methyl sites for hydroxylation is 1. The molecule has 0 saturated carbocycles. The summed E-state index contributed by atoms with van der Waals surface area (Å²) in [6, 6.07) is 7.10. The van der Waals surface area contributed by atoms with Gasteiger partial charge < -0.3 is 15.2 Å². The molecule has 2 N–H and O–H groups in total. The van der Waals surface area contributed by atoms with E-state index in [1.54, 1.807) is 23.0 Å². The van der Waals surface area contributed by atoms with Gasteiger partial charge in [0, 0.05) is 25.3 Å². The van der Waals surface area contributed by atoms with E-state index in [0.29, 0.717) is 5.56 Å². The quantitative estimate of drug-likeness (QED) is 0.869. The molecule has 6 nitrogen and oxygen atoms in total. The number of nitrogens with zero attached hydrogens (tertiary/aromatic N) is 3. The van der Waals surface area contributed by atoms with E-state index < -0.39 is 0 Å². The molecule has 0 bridgehead atoms. The molecule has 0 saturated heterocycles. The highest BCUT2D eigenvalue weighted by Crippen LogP contribution is 2.11. The molecule has 6 heteroatoms. The molecule has 0 aliphatic heterocycles. The zero-order valence-electron chi connectivity index (χ0n) is 11.2. The van der Waals surface area contributed by atoms with E-state index in [2.05, 4.69) is 20.8 Å². The van der Waals surface area contributed by atoms with Crippen LogP contribution in [0.15, 0.2) is 30.6 Å². The number of anilines is 1. The van der Waals surface area contributed by atoms with E-state index >= 15 is 0 Å². The van der Waals surface area contributed by atoms with E-state index in [4.69, 9.17) is 0 Å². The van der Waals surface area contributed by atoms with Crippen LogP contribution in [-0.2, 0) is 7.05 Å². The lowest BCUT2D eigenvalue weighted by Gasteiger charge is -2.13. The monoisotopic (exact) mass is 259 g/mol. The first-order valence-electron chi connectivity index (χ1n) is 6.04. The topological polar surface area (TPSA) is 71.8 Å². The molecule has 2 aromatic rings. The van der Waals surface area contributed by atoms with Gasteiger partial charge in [0.2, 0.25) is 0 Å². The van der Waals surface area contributed by atoms with Crippen LogP contribution in [0.25, 0.3) is 0 Å². The molecule has 2 rings (SSSR count). The van der Waals surface area contributed by atoms with Crippen molar-refractivity contribution in [2.45, 2.75) is 13.0 Å². The van der Waals surface area contributed by atoms with Crippen molar-refractivity contribution in [3.8, 4) is 0 Å². The molecule has 0 spiro atoms. The van der Waals surface area contributed by atoms with Gasteiger partial charge in [-0.15, -0.1) is 10.2 Å². The second-order valence-corrected chi connectivity index (χ2v) is 4.32. The summed E-state index contributed by atoms with van der Waals surface area (Å²) in [6.07, 6.45) is 1.61. The molecule has 1 atom stereocenters. The number of aromatic nitrogens is 3. The van der Waals surface area contributed by atoms with E-state index in [1.807, 2.05) is 33.2 Å². The lowest BCUT2D eigenvalue weighted by atomic mass is 10.2. The molecular weight excluding hydrogens is 242 g/mol. The van der Waals surface area contributed by atoms with Gasteiger partial charge in [-0.25, -0.2) is 0 Å². The van der Waals surface area contributed by atoms with Crippen LogP contribution in [0.1, 0.15) is 29.1 Å². The Balaban J connectivity index is 2.06.